The number of nitrogens with zero attached hydrogens (tertiary/aromatic N) is 4. The predicted molar refractivity (Wildman–Crippen MR) is 242 cm³/mol. The molecule has 3 aromatic rings. The third-order valence-electron chi connectivity index (χ3n) is 11.5. The Morgan fingerprint density at radius 2 is 1.79 bits per heavy atom. The number of carbonyl (C=O) groups excluding carboxylic acids is 3. The van der Waals surface area contributed by atoms with Crippen LogP contribution in [0.2, 0.25) is 0 Å². The smallest absolute Gasteiger partial charge is 0.490 e. The number of morpholine rings is 1. The standard InChI is InChI=1S/C44H62N6O8S.C2HF3O2/c1-4-5-19-49(22-18-45-17-12-34-10-11-36(51)40-41(34)57-29-38(52)47-40)39(53)14-26-55-25-13-33-8-6-7-9-37(33)56-27-23-48-20-15-44(16-21-48)31-50(24-28-58-44)43(54)35-30-59-42(46-35)32(2)3;3-2(4,5)1(6)7/h6-11,30,32,45,51H,4-5,12-29,31H2,1-3H3,(H,47,52);(H,6,7). The number of aromatic nitrogens is 1. The number of carboxylic acid groups (broad SMARTS) is 1. The number of rotatable bonds is 21. The van der Waals surface area contributed by atoms with Gasteiger partial charge >= 0.3 is 12.1 Å². The van der Waals surface area contributed by atoms with Crippen LogP contribution in [0.15, 0.2) is 41.8 Å². The first kappa shape index (κ1) is 52.0. The fourth-order valence-corrected chi connectivity index (χ4v) is 8.55. The summed E-state index contributed by atoms with van der Waals surface area (Å²) in [5, 5.41) is 26.2. The minimum atomic E-state index is -5.08. The van der Waals surface area contributed by atoms with Crippen LogP contribution in [0.4, 0.5) is 18.9 Å². The van der Waals surface area contributed by atoms with Gasteiger partial charge in [-0.05, 0) is 61.9 Å². The van der Waals surface area contributed by atoms with Gasteiger partial charge in [0.2, 0.25) is 5.91 Å². The number of carbonyl (C=O) groups is 4. The number of likely N-dealkylation sites (tertiary alicyclic amines) is 1. The number of piperidine rings is 1. The van der Waals surface area contributed by atoms with E-state index in [1.165, 1.54) is 0 Å². The third kappa shape index (κ3) is 15.5. The molecule has 4 N–H and O–H groups in total. The van der Waals surface area contributed by atoms with Crippen molar-refractivity contribution in [2.24, 2.45) is 0 Å². The zero-order valence-corrected chi connectivity index (χ0v) is 38.8. The lowest BCUT2D eigenvalue weighted by Crippen LogP contribution is -2.58. The van der Waals surface area contributed by atoms with E-state index in [0.29, 0.717) is 108 Å². The van der Waals surface area contributed by atoms with Gasteiger partial charge in [-0.2, -0.15) is 13.2 Å². The van der Waals surface area contributed by atoms with Crippen LogP contribution in [0.1, 0.15) is 85.4 Å². The fraction of sp³-hybridized carbons (Fsp3) is 0.587. The van der Waals surface area contributed by atoms with E-state index < -0.39 is 12.1 Å². The van der Waals surface area contributed by atoms with Gasteiger partial charge < -0.3 is 49.6 Å². The van der Waals surface area contributed by atoms with Crippen LogP contribution in [0, 0.1) is 0 Å². The van der Waals surface area contributed by atoms with Crippen LogP contribution in [0.5, 0.6) is 17.2 Å². The topological polar surface area (TPSA) is 192 Å². The number of phenolic OH excluding ortho intramolecular Hbond substituents is 1. The number of unbranched alkanes of at least 4 members (excludes halogenated alkanes) is 1. The first-order valence-corrected chi connectivity index (χ1v) is 23.4. The van der Waals surface area contributed by atoms with Crippen LogP contribution in [0.3, 0.4) is 0 Å². The number of aliphatic carboxylic acids is 1. The largest absolute Gasteiger partial charge is 0.506 e. The highest BCUT2D eigenvalue weighted by Gasteiger charge is 2.41. The summed E-state index contributed by atoms with van der Waals surface area (Å²) in [4.78, 5) is 57.9. The Balaban J connectivity index is 0.00000108. The number of thiazole rings is 1. The maximum Gasteiger partial charge on any atom is 0.490 e. The quantitative estimate of drug-likeness (QED) is 0.0749. The number of anilines is 1. The molecule has 66 heavy (non-hydrogen) atoms. The Hall–Kier alpha value is -5.02. The van der Waals surface area contributed by atoms with E-state index in [-0.39, 0.29) is 35.7 Å². The zero-order valence-electron chi connectivity index (χ0n) is 38.0. The monoisotopic (exact) mass is 948 g/mol. The third-order valence-corrected chi connectivity index (χ3v) is 12.6. The van der Waals surface area contributed by atoms with Gasteiger partial charge in [0.25, 0.3) is 11.8 Å². The van der Waals surface area contributed by atoms with Crippen LogP contribution < -0.4 is 20.1 Å². The van der Waals surface area contributed by atoms with Crippen molar-refractivity contribution in [2.75, 3.05) is 97.3 Å². The highest BCUT2D eigenvalue weighted by Crippen LogP contribution is 2.39. The summed E-state index contributed by atoms with van der Waals surface area (Å²) >= 11 is 1.56. The Morgan fingerprint density at radius 3 is 2.50 bits per heavy atom. The van der Waals surface area contributed by atoms with Crippen molar-refractivity contribution in [3.63, 3.8) is 0 Å². The molecule has 3 aliphatic heterocycles. The van der Waals surface area contributed by atoms with E-state index in [2.05, 4.69) is 47.4 Å². The van der Waals surface area contributed by atoms with E-state index >= 15 is 0 Å². The number of alkyl halides is 3. The van der Waals surface area contributed by atoms with Gasteiger partial charge in [0.05, 0.1) is 43.4 Å². The van der Waals surface area contributed by atoms with Crippen LogP contribution >= 0.6 is 11.3 Å². The summed E-state index contributed by atoms with van der Waals surface area (Å²) < 4.78 is 55.9. The molecule has 364 valence electrons. The van der Waals surface area contributed by atoms with Crippen LogP contribution in [-0.4, -0.2) is 157 Å². The normalized spacial score (nSPS) is 15.9. The molecule has 0 saturated carbocycles. The second-order valence-electron chi connectivity index (χ2n) is 16.7. The highest BCUT2D eigenvalue weighted by molar-refractivity contribution is 7.09. The summed E-state index contributed by atoms with van der Waals surface area (Å²) in [6.07, 6.45) is 0.267. The molecule has 0 aliphatic carbocycles. The molecule has 1 spiro atoms. The summed E-state index contributed by atoms with van der Waals surface area (Å²) in [6, 6.07) is 11.4. The number of ether oxygens (including phenoxy) is 4. The average molecular weight is 949 g/mol. The first-order chi connectivity index (χ1) is 31.6. The lowest BCUT2D eigenvalue weighted by atomic mass is 9.89. The van der Waals surface area contributed by atoms with Gasteiger partial charge in [-0.15, -0.1) is 11.3 Å². The molecule has 0 radical (unpaired) electrons. The molecule has 2 fully saturated rings. The molecule has 0 atom stereocenters. The van der Waals surface area contributed by atoms with Crippen molar-refractivity contribution in [2.45, 2.75) is 83.4 Å². The Labute approximate surface area is 387 Å². The van der Waals surface area contributed by atoms with Crippen molar-refractivity contribution < 1.29 is 61.5 Å². The van der Waals surface area contributed by atoms with Crippen LogP contribution in [0.25, 0.3) is 0 Å². The molecular weight excluding hydrogens is 886 g/mol. The molecule has 2 saturated heterocycles. The van der Waals surface area contributed by atoms with Crippen molar-refractivity contribution >= 4 is 40.7 Å². The van der Waals surface area contributed by atoms with Gasteiger partial charge in [-0.25, -0.2) is 9.78 Å². The molecule has 4 heterocycles. The number of benzene rings is 2. The molecule has 20 heteroatoms. The first-order valence-electron chi connectivity index (χ1n) is 22.5. The lowest BCUT2D eigenvalue weighted by molar-refractivity contribution is -0.192. The molecule has 16 nitrogen and oxygen atoms in total. The van der Waals surface area contributed by atoms with Gasteiger partial charge in [-0.3, -0.25) is 19.3 Å². The van der Waals surface area contributed by atoms with Gasteiger partial charge in [0, 0.05) is 57.1 Å². The average Bonchev–Trinajstić information content (AvgIpc) is 3.80. The SMILES string of the molecule is CCCCN(CCNCCc1ccc(O)c2c1OCC(=O)N2)C(=O)CCOCCc1ccccc1OCCN1CCC2(CC1)CN(C(=O)c1csc(C(C)C)n1)CCO2.O=C(O)C(F)(F)F. The number of fused-ring (bicyclic) bond motifs is 1. The van der Waals surface area contributed by atoms with E-state index in [0.717, 1.165) is 67.2 Å². The van der Waals surface area contributed by atoms with E-state index in [1.54, 1.807) is 23.5 Å². The van der Waals surface area contributed by atoms with Crippen LogP contribution in [-0.2, 0) is 36.7 Å². The number of amides is 3. The van der Waals surface area contributed by atoms with Crippen molar-refractivity contribution in [1.82, 2.24) is 25.0 Å². The number of hydrogen-bond acceptors (Lipinski definition) is 13. The number of halogens is 3. The van der Waals surface area contributed by atoms with Gasteiger partial charge in [0.1, 0.15) is 29.5 Å². The van der Waals surface area contributed by atoms with E-state index in [9.17, 15) is 32.7 Å². The van der Waals surface area contributed by atoms with Gasteiger partial charge in [0.15, 0.2) is 12.4 Å². The number of aromatic hydroxyl groups is 1. The van der Waals surface area contributed by atoms with Crippen molar-refractivity contribution in [3.8, 4) is 17.2 Å². The molecule has 1 aromatic heterocycles. The molecule has 6 rings (SSSR count). The summed E-state index contributed by atoms with van der Waals surface area (Å²) in [5.74, 6) is -1.29. The second kappa shape index (κ2) is 25.2. The van der Waals surface area contributed by atoms with Gasteiger partial charge in [-0.1, -0.05) is 51.5 Å². The van der Waals surface area contributed by atoms with Crippen molar-refractivity contribution in [3.05, 3.63) is 63.6 Å². The number of para-hydroxylation sites is 1. The maximum atomic E-state index is 13.3. The zero-order chi connectivity index (χ0) is 47.7. The number of hydrogen-bond donors (Lipinski definition) is 4. The molecule has 3 amide bonds. The minimum absolute atomic E-state index is 0.00754. The van der Waals surface area contributed by atoms with Crippen molar-refractivity contribution in [1.29, 1.82) is 0 Å². The molecule has 3 aliphatic rings. The minimum Gasteiger partial charge on any atom is -0.506 e. The predicted octanol–water partition coefficient (Wildman–Crippen LogP) is 5.73. The summed E-state index contributed by atoms with van der Waals surface area (Å²) in [5.41, 5.74) is 2.54. The summed E-state index contributed by atoms with van der Waals surface area (Å²) in [6.45, 7) is 14.6. The Kier molecular flexibility index (Phi) is 19.8. The van der Waals surface area contributed by atoms with E-state index in [4.69, 9.17) is 28.8 Å². The van der Waals surface area contributed by atoms with E-state index in [1.807, 2.05) is 33.4 Å². The molecule has 0 bridgehead atoms. The number of carboxylic acids is 1. The summed E-state index contributed by atoms with van der Waals surface area (Å²) in [7, 11) is 0. The highest BCUT2D eigenvalue weighted by atomic mass is 32.1. The number of nitrogens with one attached hydrogen (secondary N) is 2. The molecular formula is C46H63F3N6O10S. The lowest BCUT2D eigenvalue weighted by Gasteiger charge is -2.47. The Bertz CT molecular complexity index is 2060. The molecule has 2 aromatic carbocycles. The fourth-order valence-electron chi connectivity index (χ4n) is 7.74. The second-order valence-corrected chi connectivity index (χ2v) is 17.6. The number of phenols is 1. The Morgan fingerprint density at radius 1 is 1.03 bits per heavy atom. The molecule has 0 unspecified atom stereocenters. The maximum absolute atomic E-state index is 13.3.